The highest BCUT2D eigenvalue weighted by Gasteiger charge is 2.59. The molecule has 1 saturated heterocycles. The lowest BCUT2D eigenvalue weighted by Crippen LogP contribution is -2.62. The number of nitro benzene ring substituents is 2. The molecule has 0 aromatic heterocycles. The third kappa shape index (κ3) is 8.55. The van der Waals surface area contributed by atoms with E-state index in [1.54, 1.807) is 0 Å². The van der Waals surface area contributed by atoms with Crippen LogP contribution in [0.25, 0.3) is 0 Å². The quantitative estimate of drug-likeness (QED) is 0.0575. The van der Waals surface area contributed by atoms with Gasteiger partial charge in [-0.2, -0.15) is 0 Å². The van der Waals surface area contributed by atoms with Crippen LogP contribution in [0.2, 0.25) is 18.1 Å². The Labute approximate surface area is 287 Å². The highest BCUT2D eigenvalue weighted by atomic mass is 32.2. The van der Waals surface area contributed by atoms with E-state index in [0.29, 0.717) is 21.1 Å². The number of non-ortho nitro benzene ring substituents is 2. The number of amides is 2. The zero-order chi connectivity index (χ0) is 35.4. The van der Waals surface area contributed by atoms with Crippen LogP contribution in [0.4, 0.5) is 16.2 Å². The molecule has 258 valence electrons. The maximum Gasteiger partial charge on any atom is 0.407 e. The molecule has 3 atom stereocenters. The summed E-state index contributed by atoms with van der Waals surface area (Å²) in [6, 6.07) is 11.3. The van der Waals surface area contributed by atoms with Gasteiger partial charge in [-0.25, -0.2) is 9.59 Å². The van der Waals surface area contributed by atoms with Crippen molar-refractivity contribution in [1.29, 1.82) is 0 Å². The molecular formula is C31H38N4O10S2Si. The van der Waals surface area contributed by atoms with Gasteiger partial charge in [-0.15, -0.1) is 11.8 Å². The summed E-state index contributed by atoms with van der Waals surface area (Å²) in [5.41, 5.74) is 1.11. The molecule has 0 spiro atoms. The maximum atomic E-state index is 13.5. The van der Waals surface area contributed by atoms with Crippen molar-refractivity contribution in [2.24, 2.45) is 5.92 Å². The zero-order valence-electron chi connectivity index (χ0n) is 27.4. The van der Waals surface area contributed by atoms with E-state index in [1.807, 2.05) is 6.92 Å². The number of benzene rings is 2. The van der Waals surface area contributed by atoms with Crippen LogP contribution in [-0.4, -0.2) is 64.8 Å². The highest BCUT2D eigenvalue weighted by molar-refractivity contribution is 8.22. The Morgan fingerprint density at radius 1 is 0.979 bits per heavy atom. The van der Waals surface area contributed by atoms with Gasteiger partial charge in [-0.05, 0) is 60.4 Å². The second-order valence-electron chi connectivity index (χ2n) is 12.7. The summed E-state index contributed by atoms with van der Waals surface area (Å²) in [6.45, 7) is 12.5. The molecular weight excluding hydrogens is 681 g/mol. The van der Waals surface area contributed by atoms with Crippen LogP contribution < -0.4 is 5.32 Å². The van der Waals surface area contributed by atoms with Gasteiger partial charge in [0.15, 0.2) is 14.0 Å². The Hall–Kier alpha value is -3.93. The van der Waals surface area contributed by atoms with Gasteiger partial charge < -0.3 is 19.2 Å². The van der Waals surface area contributed by atoms with Crippen molar-refractivity contribution in [2.45, 2.75) is 70.5 Å². The summed E-state index contributed by atoms with van der Waals surface area (Å²) in [5, 5.41) is 24.0. The van der Waals surface area contributed by atoms with Crippen LogP contribution in [0, 0.1) is 26.1 Å². The molecule has 0 bridgehead atoms. The second-order valence-corrected chi connectivity index (χ2v) is 20.0. The lowest BCUT2D eigenvalue weighted by atomic mass is 9.92. The Morgan fingerprint density at radius 2 is 1.50 bits per heavy atom. The average Bonchev–Trinajstić information content (AvgIpc) is 3.34. The fraction of sp³-hybridized carbons (Fsp3) is 0.452. The van der Waals surface area contributed by atoms with Crippen molar-refractivity contribution in [3.63, 3.8) is 0 Å². The molecule has 0 unspecified atom stereocenters. The van der Waals surface area contributed by atoms with Crippen molar-refractivity contribution in [3.8, 4) is 0 Å². The first-order valence-corrected chi connectivity index (χ1v) is 19.9. The Morgan fingerprint density at radius 3 is 2.00 bits per heavy atom. The van der Waals surface area contributed by atoms with Crippen molar-refractivity contribution < 1.29 is 38.1 Å². The SMILES string of the molecule is C[C@@H](O[Si](C)(C)C(C)(C)C)[C@H]1C(=O)N2C(C(=O)OCc3ccc([N+](=O)[O-])cc3)=C(SCCNC(=O)OCc3ccc([N+](=O)[O-])cc3)S[C@H]12. The molecule has 2 aliphatic rings. The summed E-state index contributed by atoms with van der Waals surface area (Å²) >= 11 is 2.68. The molecule has 17 heteroatoms. The van der Waals surface area contributed by atoms with Gasteiger partial charge in [0.1, 0.15) is 18.6 Å². The van der Waals surface area contributed by atoms with E-state index in [-0.39, 0.29) is 59.3 Å². The Kier molecular flexibility index (Phi) is 11.6. The lowest BCUT2D eigenvalue weighted by Gasteiger charge is -2.48. The first-order valence-electron chi connectivity index (χ1n) is 15.1. The van der Waals surface area contributed by atoms with Crippen LogP contribution in [-0.2, 0) is 36.7 Å². The molecule has 4 rings (SSSR count). The van der Waals surface area contributed by atoms with Gasteiger partial charge in [0.05, 0.1) is 26.1 Å². The van der Waals surface area contributed by atoms with Gasteiger partial charge in [0.2, 0.25) is 5.91 Å². The van der Waals surface area contributed by atoms with E-state index in [4.69, 9.17) is 13.9 Å². The number of nitrogens with one attached hydrogen (secondary N) is 1. The van der Waals surface area contributed by atoms with Gasteiger partial charge >= 0.3 is 12.1 Å². The smallest absolute Gasteiger partial charge is 0.407 e. The highest BCUT2D eigenvalue weighted by Crippen LogP contribution is 2.55. The minimum Gasteiger partial charge on any atom is -0.456 e. The van der Waals surface area contributed by atoms with Crippen LogP contribution in [0.5, 0.6) is 0 Å². The Balaban J connectivity index is 1.39. The number of thioether (sulfide) groups is 2. The van der Waals surface area contributed by atoms with Gasteiger partial charge in [0.25, 0.3) is 11.4 Å². The molecule has 1 N–H and O–H groups in total. The standard InChI is InChI=1S/C31H38N4O10S2Si/c1-19(45-48(5,6)31(2,3)4)24-26(36)33-25(28(37)43-17-20-7-11-22(12-8-20)34(39)40)29(47-27(24)33)46-16-15-32-30(38)44-18-21-9-13-23(14-10-21)35(41)42/h7-14,19,24,27H,15-18H2,1-6H3,(H,32,38)/t19-,24+,27-/m1/s1. The summed E-state index contributed by atoms with van der Waals surface area (Å²) < 4.78 is 17.9. The number of hydrogen-bond acceptors (Lipinski definition) is 12. The van der Waals surface area contributed by atoms with Crippen molar-refractivity contribution >= 4 is 61.2 Å². The first kappa shape index (κ1) is 36.9. The van der Waals surface area contributed by atoms with E-state index in [1.165, 1.54) is 77.0 Å². The first-order chi connectivity index (χ1) is 22.5. The fourth-order valence-electron chi connectivity index (χ4n) is 4.69. The molecule has 2 aromatic carbocycles. The molecule has 48 heavy (non-hydrogen) atoms. The number of alkyl carbamates (subject to hydrolysis) is 1. The normalized spacial score (nSPS) is 18.1. The van der Waals surface area contributed by atoms with E-state index < -0.39 is 36.1 Å². The number of carbonyl (C=O) groups excluding carboxylic acids is 3. The van der Waals surface area contributed by atoms with Gasteiger partial charge in [0, 0.05) is 36.6 Å². The van der Waals surface area contributed by atoms with Gasteiger partial charge in [-0.3, -0.25) is 29.9 Å². The number of esters is 1. The Bertz CT molecular complexity index is 1600. The number of nitrogens with zero attached hydrogens (tertiary/aromatic N) is 3. The molecule has 0 aliphatic carbocycles. The van der Waals surface area contributed by atoms with Crippen LogP contribution in [0.3, 0.4) is 0 Å². The second kappa shape index (κ2) is 15.1. The number of β-lactam (4-membered cyclic amide) rings is 1. The number of rotatable bonds is 14. The third-order valence-corrected chi connectivity index (χ3v) is 15.6. The molecule has 14 nitrogen and oxygen atoms in total. The van der Waals surface area contributed by atoms with Crippen molar-refractivity contribution in [3.05, 3.63) is 89.8 Å². The average molecular weight is 719 g/mol. The van der Waals surface area contributed by atoms with Gasteiger partial charge in [-0.1, -0.05) is 32.5 Å². The molecule has 2 aromatic rings. The summed E-state index contributed by atoms with van der Waals surface area (Å²) in [4.78, 5) is 61.4. The van der Waals surface area contributed by atoms with Crippen LogP contribution in [0.1, 0.15) is 38.8 Å². The number of ether oxygens (including phenoxy) is 2. The number of hydrogen-bond donors (Lipinski definition) is 1. The zero-order valence-corrected chi connectivity index (χ0v) is 30.1. The topological polar surface area (TPSA) is 180 Å². The van der Waals surface area contributed by atoms with E-state index >= 15 is 0 Å². The predicted octanol–water partition coefficient (Wildman–Crippen LogP) is 6.32. The summed E-state index contributed by atoms with van der Waals surface area (Å²) in [6.07, 6.45) is -1.05. The summed E-state index contributed by atoms with van der Waals surface area (Å²) in [7, 11) is -2.19. The number of fused-ring (bicyclic) bond motifs is 1. The van der Waals surface area contributed by atoms with E-state index in [2.05, 4.69) is 39.2 Å². The number of nitro groups is 2. The molecule has 0 saturated carbocycles. The third-order valence-electron chi connectivity index (χ3n) is 8.37. The summed E-state index contributed by atoms with van der Waals surface area (Å²) in [5.74, 6) is -1.05. The number of carbonyl (C=O) groups is 3. The molecule has 2 aliphatic heterocycles. The predicted molar refractivity (Wildman–Crippen MR) is 183 cm³/mol. The largest absolute Gasteiger partial charge is 0.456 e. The minimum absolute atomic E-state index is 0.0569. The minimum atomic E-state index is -2.19. The lowest BCUT2D eigenvalue weighted by molar-refractivity contribution is -0.385. The van der Waals surface area contributed by atoms with E-state index in [0.717, 1.165) is 0 Å². The molecule has 2 heterocycles. The van der Waals surface area contributed by atoms with Crippen molar-refractivity contribution in [2.75, 3.05) is 12.3 Å². The molecule has 2 amide bonds. The molecule has 1 fully saturated rings. The monoisotopic (exact) mass is 718 g/mol. The fourth-order valence-corrected chi connectivity index (χ4v) is 8.95. The van der Waals surface area contributed by atoms with Crippen molar-refractivity contribution in [1.82, 2.24) is 10.2 Å². The van der Waals surface area contributed by atoms with Crippen LogP contribution in [0.15, 0.2) is 58.5 Å². The van der Waals surface area contributed by atoms with E-state index in [9.17, 15) is 34.6 Å². The van der Waals surface area contributed by atoms with Crippen LogP contribution >= 0.6 is 23.5 Å². The molecule has 0 radical (unpaired) electrons. The maximum absolute atomic E-state index is 13.5.